The van der Waals surface area contributed by atoms with E-state index in [-0.39, 0.29) is 11.5 Å². The van der Waals surface area contributed by atoms with Crippen LogP contribution < -0.4 is 5.32 Å². The van der Waals surface area contributed by atoms with E-state index in [0.717, 1.165) is 12.8 Å². The second-order valence-corrected chi connectivity index (χ2v) is 11.7. The highest BCUT2D eigenvalue weighted by Crippen LogP contribution is 2.16. The molecular weight excluding hydrogens is 446 g/mol. The molecule has 0 aliphatic carbocycles. The van der Waals surface area contributed by atoms with Gasteiger partial charge in [0.1, 0.15) is 0 Å². The first kappa shape index (κ1) is 32.6. The Bertz CT molecular complexity index is 681. The minimum atomic E-state index is -0.430. The summed E-state index contributed by atoms with van der Waals surface area (Å²) in [4.78, 5) is 12.3. The summed E-state index contributed by atoms with van der Waals surface area (Å²) in [7, 11) is 1.68. The molecule has 0 spiro atoms. The van der Waals surface area contributed by atoms with Gasteiger partial charge in [-0.25, -0.2) is 0 Å². The molecular formula is C32H57NO3. The molecule has 36 heavy (non-hydrogen) atoms. The fourth-order valence-corrected chi connectivity index (χ4v) is 4.18. The van der Waals surface area contributed by atoms with E-state index in [2.05, 4.69) is 36.5 Å². The fourth-order valence-electron chi connectivity index (χ4n) is 4.18. The van der Waals surface area contributed by atoms with Gasteiger partial charge in [0.15, 0.2) is 0 Å². The van der Waals surface area contributed by atoms with Crippen molar-refractivity contribution in [3.05, 3.63) is 35.4 Å². The van der Waals surface area contributed by atoms with Gasteiger partial charge in [-0.1, -0.05) is 102 Å². The van der Waals surface area contributed by atoms with Crippen LogP contribution in [0.4, 0.5) is 0 Å². The van der Waals surface area contributed by atoms with Crippen LogP contribution in [0.1, 0.15) is 129 Å². The van der Waals surface area contributed by atoms with E-state index in [1.54, 1.807) is 7.11 Å². The zero-order valence-electron chi connectivity index (χ0n) is 24.6. The van der Waals surface area contributed by atoms with E-state index < -0.39 is 5.60 Å². The summed E-state index contributed by atoms with van der Waals surface area (Å²) in [6.07, 6.45) is 19.1. The van der Waals surface area contributed by atoms with Crippen molar-refractivity contribution in [2.75, 3.05) is 20.3 Å². The van der Waals surface area contributed by atoms with Crippen molar-refractivity contribution in [3.8, 4) is 0 Å². The molecule has 0 unspecified atom stereocenters. The van der Waals surface area contributed by atoms with E-state index in [0.29, 0.717) is 19.6 Å². The molecule has 1 N–H and O–H groups in total. The number of carbonyl (C=O) groups is 1. The standard InChI is InChI=1S/C32H57NO3/c1-7-8-9-10-11-12-13-14-15-16-17-18-19-28-20-22-29(23-21-28)24-25-30(34)33-26-31(2,3)36-27-32(4,5)35-6/h20-23H,7-19,24-27H2,1-6H3,(H,33,34). The number of ether oxygens (including phenoxy) is 2. The van der Waals surface area contributed by atoms with Gasteiger partial charge >= 0.3 is 0 Å². The number of carbonyl (C=O) groups excluding carboxylic acids is 1. The number of methoxy groups -OCH3 is 1. The number of amides is 1. The molecule has 0 fully saturated rings. The summed E-state index contributed by atoms with van der Waals surface area (Å²) in [6.45, 7) is 11.2. The second-order valence-electron chi connectivity index (χ2n) is 11.7. The van der Waals surface area contributed by atoms with E-state index in [1.165, 1.54) is 88.2 Å². The lowest BCUT2D eigenvalue weighted by atomic mass is 10.0. The highest BCUT2D eigenvalue weighted by molar-refractivity contribution is 5.76. The molecule has 1 aromatic carbocycles. The predicted molar refractivity (Wildman–Crippen MR) is 154 cm³/mol. The maximum absolute atomic E-state index is 12.3. The highest BCUT2D eigenvalue weighted by Gasteiger charge is 2.25. The van der Waals surface area contributed by atoms with E-state index in [4.69, 9.17) is 9.47 Å². The first-order valence-corrected chi connectivity index (χ1v) is 14.7. The summed E-state index contributed by atoms with van der Waals surface area (Å²) < 4.78 is 11.4. The number of hydrogen-bond donors (Lipinski definition) is 1. The highest BCUT2D eigenvalue weighted by atomic mass is 16.5. The molecule has 0 bridgehead atoms. The van der Waals surface area contributed by atoms with Crippen molar-refractivity contribution in [2.24, 2.45) is 0 Å². The first-order valence-electron chi connectivity index (χ1n) is 14.7. The summed E-state index contributed by atoms with van der Waals surface area (Å²) in [5.74, 6) is 0.0678. The number of unbranched alkanes of at least 4 members (excludes halogenated alkanes) is 11. The van der Waals surface area contributed by atoms with E-state index in [1.807, 2.05) is 27.7 Å². The van der Waals surface area contributed by atoms with Crippen LogP contribution in [0.5, 0.6) is 0 Å². The second kappa shape index (κ2) is 18.8. The number of hydrogen-bond acceptors (Lipinski definition) is 3. The predicted octanol–water partition coefficient (Wildman–Crippen LogP) is 8.20. The normalized spacial score (nSPS) is 12.2. The van der Waals surface area contributed by atoms with Crippen LogP contribution in [-0.4, -0.2) is 37.4 Å². The van der Waals surface area contributed by atoms with Crippen molar-refractivity contribution in [2.45, 2.75) is 142 Å². The fraction of sp³-hybridized carbons (Fsp3) is 0.781. The third kappa shape index (κ3) is 17.1. The van der Waals surface area contributed by atoms with Gasteiger partial charge in [0.05, 0.1) is 17.8 Å². The summed E-state index contributed by atoms with van der Waals surface area (Å²) in [5, 5.41) is 3.02. The molecule has 1 amide bonds. The van der Waals surface area contributed by atoms with Crippen LogP contribution in [0, 0.1) is 0 Å². The molecule has 0 saturated heterocycles. The molecule has 208 valence electrons. The summed E-state index contributed by atoms with van der Waals surface area (Å²) in [5.41, 5.74) is 1.87. The Morgan fingerprint density at radius 1 is 0.722 bits per heavy atom. The van der Waals surface area contributed by atoms with Gasteiger partial charge in [-0.2, -0.15) is 0 Å². The van der Waals surface area contributed by atoms with Gasteiger partial charge in [0.2, 0.25) is 5.91 Å². The van der Waals surface area contributed by atoms with Crippen molar-refractivity contribution in [1.82, 2.24) is 5.32 Å². The molecule has 4 nitrogen and oxygen atoms in total. The van der Waals surface area contributed by atoms with Crippen molar-refractivity contribution < 1.29 is 14.3 Å². The average molecular weight is 504 g/mol. The third-order valence-electron chi connectivity index (χ3n) is 7.06. The topological polar surface area (TPSA) is 47.6 Å². The smallest absolute Gasteiger partial charge is 0.220 e. The van der Waals surface area contributed by atoms with Gasteiger partial charge < -0.3 is 14.8 Å². The monoisotopic (exact) mass is 503 g/mol. The quantitative estimate of drug-likeness (QED) is 0.162. The molecule has 1 aromatic rings. The minimum absolute atomic E-state index is 0.0678. The molecule has 0 heterocycles. The molecule has 0 aliphatic heterocycles. The Labute approximate surface area is 223 Å². The molecule has 0 saturated carbocycles. The Hall–Kier alpha value is -1.39. The average Bonchev–Trinajstić information content (AvgIpc) is 2.86. The lowest BCUT2D eigenvalue weighted by molar-refractivity contribution is -0.125. The third-order valence-corrected chi connectivity index (χ3v) is 7.06. The molecule has 0 aromatic heterocycles. The van der Waals surface area contributed by atoms with Crippen LogP contribution in [-0.2, 0) is 27.1 Å². The van der Waals surface area contributed by atoms with Crippen LogP contribution in [0.3, 0.4) is 0 Å². The number of rotatable bonds is 22. The van der Waals surface area contributed by atoms with Crippen molar-refractivity contribution in [1.29, 1.82) is 0 Å². The van der Waals surface area contributed by atoms with Crippen molar-refractivity contribution in [3.63, 3.8) is 0 Å². The molecule has 0 aliphatic rings. The Morgan fingerprint density at radius 2 is 1.19 bits per heavy atom. The van der Waals surface area contributed by atoms with Crippen molar-refractivity contribution >= 4 is 5.91 Å². The van der Waals surface area contributed by atoms with Crippen LogP contribution >= 0.6 is 0 Å². The Balaban J connectivity index is 2.11. The largest absolute Gasteiger partial charge is 0.376 e. The van der Waals surface area contributed by atoms with Gasteiger partial charge in [0.25, 0.3) is 0 Å². The Morgan fingerprint density at radius 3 is 1.69 bits per heavy atom. The lowest BCUT2D eigenvalue weighted by Gasteiger charge is -2.31. The molecule has 1 rings (SSSR count). The summed E-state index contributed by atoms with van der Waals surface area (Å²) in [6, 6.07) is 8.84. The molecule has 0 radical (unpaired) electrons. The van der Waals surface area contributed by atoms with E-state index >= 15 is 0 Å². The van der Waals surface area contributed by atoms with Gasteiger partial charge in [0, 0.05) is 20.1 Å². The number of nitrogens with one attached hydrogen (secondary N) is 1. The van der Waals surface area contributed by atoms with Gasteiger partial charge in [-0.15, -0.1) is 0 Å². The number of benzene rings is 1. The van der Waals surface area contributed by atoms with Crippen LogP contribution in [0.15, 0.2) is 24.3 Å². The maximum Gasteiger partial charge on any atom is 0.220 e. The zero-order valence-corrected chi connectivity index (χ0v) is 24.6. The number of aryl methyl sites for hydroxylation is 2. The zero-order chi connectivity index (χ0) is 26.7. The van der Waals surface area contributed by atoms with E-state index in [9.17, 15) is 4.79 Å². The Kier molecular flexibility index (Phi) is 17.0. The lowest BCUT2D eigenvalue weighted by Crippen LogP contribution is -2.43. The maximum atomic E-state index is 12.3. The van der Waals surface area contributed by atoms with Gasteiger partial charge in [-0.3, -0.25) is 4.79 Å². The molecule has 0 atom stereocenters. The molecule has 4 heteroatoms. The first-order chi connectivity index (χ1) is 17.2. The summed E-state index contributed by atoms with van der Waals surface area (Å²) >= 11 is 0. The van der Waals surface area contributed by atoms with Crippen LogP contribution in [0.25, 0.3) is 0 Å². The SMILES string of the molecule is CCCCCCCCCCCCCCc1ccc(CCC(=O)NCC(C)(C)OCC(C)(C)OC)cc1. The van der Waals surface area contributed by atoms with Gasteiger partial charge in [-0.05, 0) is 58.1 Å². The minimum Gasteiger partial charge on any atom is -0.376 e. The van der Waals surface area contributed by atoms with Crippen LogP contribution in [0.2, 0.25) is 0 Å².